The maximum absolute atomic E-state index is 12.2. The highest BCUT2D eigenvalue weighted by molar-refractivity contribution is 6.30. The molecule has 1 aliphatic rings. The molecule has 1 aromatic heterocycles. The molecule has 1 fully saturated rings. The minimum absolute atomic E-state index is 0.250. The fraction of sp³-hybridized carbons (Fsp3) is 0.261. The number of carbonyl (C=O) groups excluding carboxylic acids is 1. The number of rotatable bonds is 6. The normalized spacial score (nSPS) is 14.8. The average Bonchev–Trinajstić information content (AvgIpc) is 2.73. The standard InChI is InChI=1S/C22H22ClN3O2.CH2O2/c1-28-19-4-2-3-16-7-10-18(25-20(16)19)12-26-13-22(14-26,21(24)27)11-15-5-8-17(23)9-6-15;2-1-3/h2-10H,11-14H2,1H3,(H2,24,27);1H,(H,2,3). The van der Waals surface area contributed by atoms with E-state index >= 15 is 0 Å². The quantitative estimate of drug-likeness (QED) is 0.569. The van der Waals surface area contributed by atoms with Crippen LogP contribution in [0.3, 0.4) is 0 Å². The first kappa shape index (κ1) is 22.5. The number of pyridine rings is 1. The Morgan fingerprint density at radius 1 is 1.23 bits per heavy atom. The van der Waals surface area contributed by atoms with Gasteiger partial charge < -0.3 is 15.6 Å². The van der Waals surface area contributed by atoms with Gasteiger partial charge in [-0.05, 0) is 36.2 Å². The molecule has 7 nitrogen and oxygen atoms in total. The summed E-state index contributed by atoms with van der Waals surface area (Å²) in [6, 6.07) is 17.5. The lowest BCUT2D eigenvalue weighted by Gasteiger charge is -2.48. The number of carboxylic acid groups (broad SMARTS) is 1. The molecule has 31 heavy (non-hydrogen) atoms. The molecule has 0 atom stereocenters. The second kappa shape index (κ2) is 9.76. The van der Waals surface area contributed by atoms with E-state index in [1.807, 2.05) is 48.5 Å². The number of primary amides is 1. The predicted molar refractivity (Wildman–Crippen MR) is 119 cm³/mol. The number of benzene rings is 2. The molecule has 162 valence electrons. The minimum Gasteiger partial charge on any atom is -0.494 e. The molecule has 1 saturated heterocycles. The fourth-order valence-corrected chi connectivity index (χ4v) is 4.04. The summed E-state index contributed by atoms with van der Waals surface area (Å²) in [5, 5.41) is 8.62. The topological polar surface area (TPSA) is 106 Å². The van der Waals surface area contributed by atoms with Gasteiger partial charge in [-0.25, -0.2) is 4.98 Å². The smallest absolute Gasteiger partial charge is 0.290 e. The van der Waals surface area contributed by atoms with Crippen molar-refractivity contribution in [3.05, 3.63) is 70.9 Å². The van der Waals surface area contributed by atoms with Crippen LogP contribution >= 0.6 is 11.6 Å². The van der Waals surface area contributed by atoms with Gasteiger partial charge in [-0.1, -0.05) is 41.9 Å². The Labute approximate surface area is 185 Å². The summed E-state index contributed by atoms with van der Waals surface area (Å²) < 4.78 is 5.42. The van der Waals surface area contributed by atoms with Gasteiger partial charge in [0, 0.05) is 30.0 Å². The first-order valence-electron chi connectivity index (χ1n) is 9.68. The van der Waals surface area contributed by atoms with Gasteiger partial charge in [-0.15, -0.1) is 0 Å². The number of nitrogens with zero attached hydrogens (tertiary/aromatic N) is 2. The molecule has 0 unspecified atom stereocenters. The van der Waals surface area contributed by atoms with E-state index in [4.69, 9.17) is 37.0 Å². The summed E-state index contributed by atoms with van der Waals surface area (Å²) >= 11 is 5.95. The SMILES string of the molecule is COc1cccc2ccc(CN3CC(Cc4ccc(Cl)cc4)(C(N)=O)C3)nc12.O=CO. The summed E-state index contributed by atoms with van der Waals surface area (Å²) in [6.07, 6.45) is 0.620. The first-order chi connectivity index (χ1) is 14.9. The van der Waals surface area contributed by atoms with Gasteiger partial charge in [-0.3, -0.25) is 14.5 Å². The Morgan fingerprint density at radius 2 is 1.90 bits per heavy atom. The summed E-state index contributed by atoms with van der Waals surface area (Å²) in [7, 11) is 1.65. The summed E-state index contributed by atoms with van der Waals surface area (Å²) in [4.78, 5) is 27.5. The molecule has 8 heteroatoms. The van der Waals surface area contributed by atoms with Crippen LogP contribution in [0.15, 0.2) is 54.6 Å². The summed E-state index contributed by atoms with van der Waals surface area (Å²) in [5.74, 6) is 0.504. The lowest BCUT2D eigenvalue weighted by molar-refractivity contribution is -0.138. The van der Waals surface area contributed by atoms with Crippen LogP contribution in [0.2, 0.25) is 5.02 Å². The Morgan fingerprint density at radius 3 is 2.52 bits per heavy atom. The van der Waals surface area contributed by atoms with Gasteiger partial charge in [0.15, 0.2) is 0 Å². The maximum atomic E-state index is 12.2. The molecule has 1 aliphatic heterocycles. The van der Waals surface area contributed by atoms with Crippen LogP contribution in [-0.4, -0.2) is 47.6 Å². The van der Waals surface area contributed by atoms with Crippen LogP contribution in [0, 0.1) is 5.41 Å². The largest absolute Gasteiger partial charge is 0.494 e. The Bertz CT molecular complexity index is 1070. The van der Waals surface area contributed by atoms with Gasteiger partial charge >= 0.3 is 0 Å². The molecule has 0 bridgehead atoms. The second-order valence-electron chi connectivity index (χ2n) is 7.53. The molecule has 2 aromatic carbocycles. The van der Waals surface area contributed by atoms with Crippen molar-refractivity contribution in [2.75, 3.05) is 20.2 Å². The van der Waals surface area contributed by atoms with Crippen LogP contribution in [0.25, 0.3) is 10.9 Å². The zero-order valence-corrected chi connectivity index (χ0v) is 17.9. The van der Waals surface area contributed by atoms with E-state index in [9.17, 15) is 4.79 Å². The van der Waals surface area contributed by atoms with Crippen molar-refractivity contribution in [3.63, 3.8) is 0 Å². The molecule has 3 aromatic rings. The number of fused-ring (bicyclic) bond motifs is 1. The van der Waals surface area contributed by atoms with Crippen LogP contribution < -0.4 is 10.5 Å². The Kier molecular flexibility index (Phi) is 7.09. The summed E-state index contributed by atoms with van der Waals surface area (Å²) in [6.45, 7) is 1.66. The van der Waals surface area contributed by atoms with Gasteiger partial charge in [-0.2, -0.15) is 0 Å². The van der Waals surface area contributed by atoms with Crippen molar-refractivity contribution in [2.24, 2.45) is 11.1 Å². The molecule has 0 aliphatic carbocycles. The minimum atomic E-state index is -0.539. The number of hydrogen-bond donors (Lipinski definition) is 2. The van der Waals surface area contributed by atoms with E-state index < -0.39 is 5.41 Å². The van der Waals surface area contributed by atoms with Crippen molar-refractivity contribution in [2.45, 2.75) is 13.0 Å². The third-order valence-electron chi connectivity index (χ3n) is 5.38. The highest BCUT2D eigenvalue weighted by Gasteiger charge is 2.47. The molecular formula is C23H24ClN3O4. The van der Waals surface area contributed by atoms with Crippen molar-refractivity contribution in [3.8, 4) is 5.75 Å². The number of amides is 1. The molecular weight excluding hydrogens is 418 g/mol. The number of ether oxygens (including phenoxy) is 1. The lowest BCUT2D eigenvalue weighted by atomic mass is 9.74. The number of halogens is 1. The number of para-hydroxylation sites is 1. The highest BCUT2D eigenvalue weighted by atomic mass is 35.5. The lowest BCUT2D eigenvalue weighted by Crippen LogP contribution is -2.63. The summed E-state index contributed by atoms with van der Waals surface area (Å²) in [5.41, 5.74) is 8.08. The fourth-order valence-electron chi connectivity index (χ4n) is 3.91. The molecule has 0 spiro atoms. The van der Waals surface area contributed by atoms with E-state index in [1.165, 1.54) is 0 Å². The van der Waals surface area contributed by atoms with Crippen LogP contribution in [0.5, 0.6) is 5.75 Å². The number of carbonyl (C=O) groups is 2. The molecule has 2 heterocycles. The van der Waals surface area contributed by atoms with Crippen molar-refractivity contribution in [1.29, 1.82) is 0 Å². The molecule has 4 rings (SSSR count). The Balaban J connectivity index is 0.000000858. The zero-order chi connectivity index (χ0) is 22.4. The van der Waals surface area contributed by atoms with E-state index in [1.54, 1.807) is 7.11 Å². The maximum Gasteiger partial charge on any atom is 0.290 e. The van der Waals surface area contributed by atoms with E-state index in [0.29, 0.717) is 31.1 Å². The first-order valence-corrected chi connectivity index (χ1v) is 10.1. The molecule has 0 radical (unpaired) electrons. The molecule has 3 N–H and O–H groups in total. The second-order valence-corrected chi connectivity index (χ2v) is 7.97. The average molecular weight is 442 g/mol. The zero-order valence-electron chi connectivity index (χ0n) is 17.1. The number of aromatic nitrogens is 1. The Hall–Kier alpha value is -3.16. The third kappa shape index (κ3) is 5.13. The van der Waals surface area contributed by atoms with E-state index in [-0.39, 0.29) is 12.4 Å². The van der Waals surface area contributed by atoms with E-state index in [0.717, 1.165) is 27.9 Å². The monoisotopic (exact) mass is 441 g/mol. The van der Waals surface area contributed by atoms with Crippen molar-refractivity contribution in [1.82, 2.24) is 9.88 Å². The number of likely N-dealkylation sites (tertiary alicyclic amines) is 1. The predicted octanol–water partition coefficient (Wildman–Crippen LogP) is 3.13. The van der Waals surface area contributed by atoms with Crippen LogP contribution in [0.1, 0.15) is 11.3 Å². The van der Waals surface area contributed by atoms with E-state index in [2.05, 4.69) is 11.0 Å². The van der Waals surface area contributed by atoms with Crippen LogP contribution in [0.4, 0.5) is 0 Å². The van der Waals surface area contributed by atoms with Gasteiger partial charge in [0.1, 0.15) is 11.3 Å². The molecule has 1 amide bonds. The third-order valence-corrected chi connectivity index (χ3v) is 5.63. The van der Waals surface area contributed by atoms with Gasteiger partial charge in [0.2, 0.25) is 5.91 Å². The number of hydrogen-bond acceptors (Lipinski definition) is 5. The molecule has 0 saturated carbocycles. The van der Waals surface area contributed by atoms with Crippen molar-refractivity contribution < 1.29 is 19.4 Å². The van der Waals surface area contributed by atoms with Gasteiger partial charge in [0.25, 0.3) is 6.47 Å². The van der Waals surface area contributed by atoms with Gasteiger partial charge in [0.05, 0.1) is 18.2 Å². The highest BCUT2D eigenvalue weighted by Crippen LogP contribution is 2.35. The van der Waals surface area contributed by atoms with Crippen molar-refractivity contribution >= 4 is 34.9 Å². The number of nitrogens with two attached hydrogens (primary N) is 1. The van der Waals surface area contributed by atoms with Crippen LogP contribution in [-0.2, 0) is 22.6 Å². The number of methoxy groups -OCH3 is 1.